The van der Waals surface area contributed by atoms with Crippen molar-refractivity contribution in [1.82, 2.24) is 29.7 Å². The van der Waals surface area contributed by atoms with E-state index in [9.17, 15) is 23.1 Å². The first-order chi connectivity index (χ1) is 13.2. The Morgan fingerprint density at radius 1 is 1.32 bits per heavy atom. The van der Waals surface area contributed by atoms with Gasteiger partial charge in [-0.1, -0.05) is 5.21 Å². The van der Waals surface area contributed by atoms with Gasteiger partial charge in [0.05, 0.1) is 23.9 Å². The molecule has 4 rings (SSSR count). The van der Waals surface area contributed by atoms with Gasteiger partial charge < -0.3 is 10.0 Å². The number of aliphatic hydroxyl groups excluding tert-OH is 1. The Labute approximate surface area is 158 Å². The van der Waals surface area contributed by atoms with Crippen molar-refractivity contribution in [2.45, 2.75) is 57.0 Å². The van der Waals surface area contributed by atoms with E-state index in [1.165, 1.54) is 9.58 Å². The average Bonchev–Trinajstić information content (AvgIpc) is 3.03. The van der Waals surface area contributed by atoms with Gasteiger partial charge in [-0.05, 0) is 26.2 Å². The molecule has 1 unspecified atom stereocenters. The molecule has 2 atom stereocenters. The zero-order valence-corrected chi connectivity index (χ0v) is 15.3. The van der Waals surface area contributed by atoms with E-state index in [0.717, 1.165) is 18.9 Å². The van der Waals surface area contributed by atoms with Crippen LogP contribution in [-0.2, 0) is 12.6 Å². The number of nitrogens with zero attached hydrogens (tertiary/aromatic N) is 6. The summed E-state index contributed by atoms with van der Waals surface area (Å²) in [4.78, 5) is 14.4. The van der Waals surface area contributed by atoms with Crippen molar-refractivity contribution in [3.63, 3.8) is 0 Å². The molecule has 1 N–H and O–H groups in total. The smallest absolute Gasteiger partial charge is 0.393 e. The highest BCUT2D eigenvalue weighted by molar-refractivity contribution is 5.93. The molecule has 3 heterocycles. The van der Waals surface area contributed by atoms with Crippen LogP contribution in [0.5, 0.6) is 0 Å². The van der Waals surface area contributed by atoms with E-state index in [1.54, 1.807) is 17.8 Å². The van der Waals surface area contributed by atoms with Crippen LogP contribution in [0.25, 0.3) is 0 Å². The third-order valence-electron chi connectivity index (χ3n) is 5.03. The molecule has 2 fully saturated rings. The first kappa shape index (κ1) is 18.9. The molecule has 0 bridgehead atoms. The fourth-order valence-corrected chi connectivity index (χ4v) is 3.48. The van der Waals surface area contributed by atoms with E-state index in [0.29, 0.717) is 31.6 Å². The number of aliphatic hydroxyl groups is 1. The first-order valence-corrected chi connectivity index (χ1v) is 9.27. The van der Waals surface area contributed by atoms with Gasteiger partial charge in [-0.3, -0.25) is 9.48 Å². The number of rotatable bonds is 5. The molecule has 1 amide bonds. The van der Waals surface area contributed by atoms with Crippen molar-refractivity contribution in [2.75, 3.05) is 13.1 Å². The maximum atomic E-state index is 13.0. The minimum Gasteiger partial charge on any atom is -0.393 e. The molecular weight excluding hydrogens is 377 g/mol. The van der Waals surface area contributed by atoms with E-state index in [2.05, 4.69) is 15.4 Å². The van der Waals surface area contributed by atoms with Crippen molar-refractivity contribution in [3.8, 4) is 0 Å². The standard InChI is InChI=1S/C17H21F3N6O2/c1-10(27)6-11-8-25(23-21-11)13-4-5-24(9-13)16(28)14-7-15(17(18,19)20)22-26(14)12-2-3-12/h7-8,10,12-13,27H,2-6,9H2,1H3/t10?,13-/m0/s1. The predicted octanol–water partition coefficient (Wildman–Crippen LogP) is 1.84. The van der Waals surface area contributed by atoms with Crippen LogP contribution in [0.3, 0.4) is 0 Å². The lowest BCUT2D eigenvalue weighted by molar-refractivity contribution is -0.141. The minimum absolute atomic E-state index is 0.0103. The van der Waals surface area contributed by atoms with Crippen LogP contribution < -0.4 is 0 Å². The summed E-state index contributed by atoms with van der Waals surface area (Å²) in [7, 11) is 0. The number of carbonyl (C=O) groups excluding carboxylic acids is 1. The van der Waals surface area contributed by atoms with Crippen molar-refractivity contribution >= 4 is 5.91 Å². The molecule has 2 aliphatic rings. The Balaban J connectivity index is 1.49. The molecule has 2 aromatic rings. The number of halogens is 3. The minimum atomic E-state index is -4.58. The van der Waals surface area contributed by atoms with Gasteiger partial charge in [0.1, 0.15) is 5.69 Å². The number of carbonyl (C=O) groups is 1. The molecule has 152 valence electrons. The van der Waals surface area contributed by atoms with Crippen molar-refractivity contribution in [2.24, 2.45) is 0 Å². The molecule has 11 heteroatoms. The van der Waals surface area contributed by atoms with Crippen molar-refractivity contribution in [1.29, 1.82) is 0 Å². The topological polar surface area (TPSA) is 89.1 Å². The second-order valence-corrected chi connectivity index (χ2v) is 7.53. The molecule has 1 saturated heterocycles. The monoisotopic (exact) mass is 398 g/mol. The van der Waals surface area contributed by atoms with Gasteiger partial charge in [0, 0.05) is 31.8 Å². The summed E-state index contributed by atoms with van der Waals surface area (Å²) in [6.07, 6.45) is -0.897. The zero-order valence-electron chi connectivity index (χ0n) is 15.3. The van der Waals surface area contributed by atoms with Gasteiger partial charge in [-0.15, -0.1) is 5.10 Å². The largest absolute Gasteiger partial charge is 0.435 e. The summed E-state index contributed by atoms with van der Waals surface area (Å²) >= 11 is 0. The third kappa shape index (κ3) is 3.75. The summed E-state index contributed by atoms with van der Waals surface area (Å²) in [6.45, 7) is 2.42. The summed E-state index contributed by atoms with van der Waals surface area (Å²) in [5.74, 6) is -0.443. The molecule has 0 radical (unpaired) electrons. The van der Waals surface area contributed by atoms with Crippen LogP contribution in [0.1, 0.15) is 60.1 Å². The Bertz CT molecular complexity index is 871. The van der Waals surface area contributed by atoms with Gasteiger partial charge >= 0.3 is 6.18 Å². The number of likely N-dealkylation sites (tertiary alicyclic amines) is 1. The molecule has 1 aliphatic heterocycles. The quantitative estimate of drug-likeness (QED) is 0.830. The summed E-state index contributed by atoms with van der Waals surface area (Å²) in [5.41, 5.74) is -0.386. The average molecular weight is 398 g/mol. The fraction of sp³-hybridized carbons (Fsp3) is 0.647. The number of hydrogen-bond donors (Lipinski definition) is 1. The molecule has 8 nitrogen and oxygen atoms in total. The molecular formula is C17H21F3N6O2. The zero-order chi connectivity index (χ0) is 20.1. The lowest BCUT2D eigenvalue weighted by Crippen LogP contribution is -2.31. The molecule has 0 spiro atoms. The summed E-state index contributed by atoms with van der Waals surface area (Å²) < 4.78 is 42.0. The van der Waals surface area contributed by atoms with Gasteiger partial charge in [-0.2, -0.15) is 18.3 Å². The Hall–Kier alpha value is -2.43. The Morgan fingerprint density at radius 2 is 2.07 bits per heavy atom. The van der Waals surface area contributed by atoms with Crippen LogP contribution in [0, 0.1) is 0 Å². The van der Waals surface area contributed by atoms with Crippen LogP contribution in [-0.4, -0.2) is 59.9 Å². The normalized spacial score (nSPS) is 21.3. The number of amides is 1. The molecule has 28 heavy (non-hydrogen) atoms. The highest BCUT2D eigenvalue weighted by Gasteiger charge is 2.40. The van der Waals surface area contributed by atoms with Crippen LogP contribution in [0.4, 0.5) is 13.2 Å². The van der Waals surface area contributed by atoms with E-state index in [-0.39, 0.29) is 17.8 Å². The lowest BCUT2D eigenvalue weighted by Gasteiger charge is -2.17. The number of aromatic nitrogens is 5. The van der Waals surface area contributed by atoms with E-state index >= 15 is 0 Å². The fourth-order valence-electron chi connectivity index (χ4n) is 3.48. The molecule has 0 aromatic carbocycles. The van der Waals surface area contributed by atoms with E-state index in [4.69, 9.17) is 0 Å². The molecule has 1 saturated carbocycles. The molecule has 2 aromatic heterocycles. The second-order valence-electron chi connectivity index (χ2n) is 7.53. The first-order valence-electron chi connectivity index (χ1n) is 9.27. The van der Waals surface area contributed by atoms with Gasteiger partial charge in [0.25, 0.3) is 5.91 Å². The Morgan fingerprint density at radius 3 is 2.71 bits per heavy atom. The third-order valence-corrected chi connectivity index (χ3v) is 5.03. The van der Waals surface area contributed by atoms with E-state index < -0.39 is 23.9 Å². The predicted molar refractivity (Wildman–Crippen MR) is 90.5 cm³/mol. The summed E-state index contributed by atoms with van der Waals surface area (Å²) in [6, 6.07) is 0.620. The lowest BCUT2D eigenvalue weighted by atomic mass is 10.2. The number of alkyl halides is 3. The molecule has 1 aliphatic carbocycles. The Kier molecular flexibility index (Phi) is 4.64. The van der Waals surface area contributed by atoms with Gasteiger partial charge in [-0.25, -0.2) is 4.68 Å². The highest BCUT2D eigenvalue weighted by Crippen LogP contribution is 2.38. The number of hydrogen-bond acceptors (Lipinski definition) is 5. The maximum absolute atomic E-state index is 13.0. The van der Waals surface area contributed by atoms with Crippen LogP contribution in [0.15, 0.2) is 12.3 Å². The van der Waals surface area contributed by atoms with Gasteiger partial charge in [0.15, 0.2) is 5.69 Å². The van der Waals surface area contributed by atoms with Crippen LogP contribution in [0.2, 0.25) is 0 Å². The maximum Gasteiger partial charge on any atom is 0.435 e. The van der Waals surface area contributed by atoms with E-state index in [1.807, 2.05) is 0 Å². The van der Waals surface area contributed by atoms with Crippen molar-refractivity contribution < 1.29 is 23.1 Å². The summed E-state index contributed by atoms with van der Waals surface area (Å²) in [5, 5.41) is 21.2. The SMILES string of the molecule is CC(O)Cc1cn([C@H]2CCN(C(=O)c3cc(C(F)(F)F)nn3C3CC3)C2)nn1. The van der Waals surface area contributed by atoms with Gasteiger partial charge in [0.2, 0.25) is 0 Å². The van der Waals surface area contributed by atoms with Crippen molar-refractivity contribution in [3.05, 3.63) is 29.3 Å². The highest BCUT2D eigenvalue weighted by atomic mass is 19.4. The second kappa shape index (κ2) is 6.87. The van der Waals surface area contributed by atoms with Crippen LogP contribution >= 0.6 is 0 Å².